The van der Waals surface area contributed by atoms with Gasteiger partial charge in [0.1, 0.15) is 0 Å². The molecule has 2 heterocycles. The molecule has 2 aliphatic rings. The van der Waals surface area contributed by atoms with Crippen LogP contribution in [-0.4, -0.2) is 47.0 Å². The number of amides is 3. The van der Waals surface area contributed by atoms with Gasteiger partial charge in [0.05, 0.1) is 5.56 Å². The number of carbonyl (C=O) groups is 2. The number of carbonyl (C=O) groups excluding carboxylic acids is 2. The van der Waals surface area contributed by atoms with Crippen LogP contribution in [0.2, 0.25) is 0 Å². The zero-order valence-corrected chi connectivity index (χ0v) is 13.3. The van der Waals surface area contributed by atoms with E-state index in [2.05, 4.69) is 15.6 Å². The third-order valence-corrected chi connectivity index (χ3v) is 4.72. The standard InChI is InChI=1S/C17H24N4O2/c22-16(13-4-3-9-18-12-13)21-10-7-15(8-11-21)20-17(23)19-14-5-1-2-6-14/h3-4,9,12,14-15H,1-2,5-8,10-11H2,(H2,19,20,23). The van der Waals surface area contributed by atoms with Gasteiger partial charge in [-0.3, -0.25) is 9.78 Å². The first-order valence-electron chi connectivity index (χ1n) is 8.49. The first-order chi connectivity index (χ1) is 11.2. The van der Waals surface area contributed by atoms with Gasteiger partial charge in [0.25, 0.3) is 5.91 Å². The fraction of sp³-hybridized carbons (Fsp3) is 0.588. The SMILES string of the molecule is O=C(NC1CCCC1)NC1CCN(C(=O)c2cccnc2)CC1. The largest absolute Gasteiger partial charge is 0.338 e. The van der Waals surface area contributed by atoms with Gasteiger partial charge in [-0.25, -0.2) is 4.79 Å². The summed E-state index contributed by atoms with van der Waals surface area (Å²) in [5.74, 6) is 0.0203. The summed E-state index contributed by atoms with van der Waals surface area (Å²) in [4.78, 5) is 30.2. The third kappa shape index (κ3) is 4.21. The number of likely N-dealkylation sites (tertiary alicyclic amines) is 1. The van der Waals surface area contributed by atoms with Crippen LogP contribution in [0.1, 0.15) is 48.9 Å². The second-order valence-electron chi connectivity index (χ2n) is 6.41. The number of piperidine rings is 1. The molecule has 2 fully saturated rings. The molecule has 1 aromatic heterocycles. The van der Waals surface area contributed by atoms with E-state index in [-0.39, 0.29) is 18.0 Å². The van der Waals surface area contributed by atoms with Crippen LogP contribution in [0.4, 0.5) is 4.79 Å². The summed E-state index contributed by atoms with van der Waals surface area (Å²) in [5, 5.41) is 6.09. The van der Waals surface area contributed by atoms with Gasteiger partial charge in [-0.2, -0.15) is 0 Å². The molecule has 1 saturated heterocycles. The minimum absolute atomic E-state index is 0.0203. The van der Waals surface area contributed by atoms with Crippen LogP contribution >= 0.6 is 0 Å². The number of nitrogens with zero attached hydrogens (tertiary/aromatic N) is 2. The predicted octanol–water partition coefficient (Wildman–Crippen LogP) is 1.93. The molecule has 124 valence electrons. The lowest BCUT2D eigenvalue weighted by Crippen LogP contribution is -2.50. The van der Waals surface area contributed by atoms with Crippen LogP contribution in [0, 0.1) is 0 Å². The molecule has 0 atom stereocenters. The lowest BCUT2D eigenvalue weighted by molar-refractivity contribution is 0.0708. The number of hydrogen-bond donors (Lipinski definition) is 2. The average molecular weight is 316 g/mol. The van der Waals surface area contributed by atoms with Gasteiger partial charge < -0.3 is 15.5 Å². The summed E-state index contributed by atoms with van der Waals surface area (Å²) in [6, 6.07) is 3.98. The second kappa shape index (κ2) is 7.44. The molecule has 3 amide bonds. The molecule has 1 aromatic rings. The number of nitrogens with one attached hydrogen (secondary N) is 2. The Hall–Kier alpha value is -2.11. The van der Waals surface area contributed by atoms with Crippen molar-refractivity contribution in [1.82, 2.24) is 20.5 Å². The van der Waals surface area contributed by atoms with Gasteiger partial charge in [-0.05, 0) is 37.8 Å². The van der Waals surface area contributed by atoms with Crippen molar-refractivity contribution in [1.29, 1.82) is 0 Å². The predicted molar refractivity (Wildman–Crippen MR) is 87.1 cm³/mol. The van der Waals surface area contributed by atoms with Crippen molar-refractivity contribution in [2.75, 3.05) is 13.1 Å². The third-order valence-electron chi connectivity index (χ3n) is 4.72. The molecule has 3 rings (SSSR count). The zero-order valence-electron chi connectivity index (χ0n) is 13.3. The van der Waals surface area contributed by atoms with Crippen LogP contribution in [0.25, 0.3) is 0 Å². The molecule has 0 spiro atoms. The molecule has 1 aliphatic heterocycles. The van der Waals surface area contributed by atoms with Gasteiger partial charge in [0, 0.05) is 37.6 Å². The minimum atomic E-state index is -0.0612. The van der Waals surface area contributed by atoms with Crippen molar-refractivity contribution in [2.45, 2.75) is 50.6 Å². The number of hydrogen-bond acceptors (Lipinski definition) is 3. The van der Waals surface area contributed by atoms with E-state index in [1.54, 1.807) is 24.5 Å². The van der Waals surface area contributed by atoms with Crippen molar-refractivity contribution in [3.05, 3.63) is 30.1 Å². The van der Waals surface area contributed by atoms with Crippen molar-refractivity contribution in [3.8, 4) is 0 Å². The van der Waals surface area contributed by atoms with Crippen LogP contribution in [0.5, 0.6) is 0 Å². The summed E-state index contributed by atoms with van der Waals surface area (Å²) in [5.41, 5.74) is 0.623. The Morgan fingerprint density at radius 1 is 1.04 bits per heavy atom. The quantitative estimate of drug-likeness (QED) is 0.895. The maximum Gasteiger partial charge on any atom is 0.315 e. The van der Waals surface area contributed by atoms with Gasteiger partial charge >= 0.3 is 6.03 Å². The first-order valence-corrected chi connectivity index (χ1v) is 8.49. The zero-order chi connectivity index (χ0) is 16.1. The van der Waals surface area contributed by atoms with Crippen LogP contribution in [-0.2, 0) is 0 Å². The molecular formula is C17H24N4O2. The molecular weight excluding hydrogens is 292 g/mol. The van der Waals surface area contributed by atoms with E-state index < -0.39 is 0 Å². The highest BCUT2D eigenvalue weighted by molar-refractivity contribution is 5.93. The Morgan fingerprint density at radius 3 is 2.30 bits per heavy atom. The summed E-state index contributed by atoms with van der Waals surface area (Å²) in [7, 11) is 0. The van der Waals surface area contributed by atoms with Crippen LogP contribution in [0.3, 0.4) is 0 Å². The molecule has 1 saturated carbocycles. The maximum atomic E-state index is 12.3. The molecule has 1 aliphatic carbocycles. The van der Waals surface area contributed by atoms with E-state index in [1.165, 1.54) is 12.8 Å². The number of urea groups is 1. The Labute approximate surface area is 136 Å². The van der Waals surface area contributed by atoms with Crippen molar-refractivity contribution >= 4 is 11.9 Å². The van der Waals surface area contributed by atoms with Crippen LogP contribution < -0.4 is 10.6 Å². The van der Waals surface area contributed by atoms with E-state index in [9.17, 15) is 9.59 Å². The fourth-order valence-corrected chi connectivity index (χ4v) is 3.38. The van der Waals surface area contributed by atoms with Gasteiger partial charge in [0.15, 0.2) is 0 Å². The highest BCUT2D eigenvalue weighted by Gasteiger charge is 2.25. The molecule has 0 bridgehead atoms. The molecule has 0 unspecified atom stereocenters. The molecule has 23 heavy (non-hydrogen) atoms. The van der Waals surface area contributed by atoms with Gasteiger partial charge in [0.2, 0.25) is 0 Å². The minimum Gasteiger partial charge on any atom is -0.338 e. The molecule has 0 aromatic carbocycles. The molecule has 0 radical (unpaired) electrons. The number of rotatable bonds is 3. The lowest BCUT2D eigenvalue weighted by atomic mass is 10.0. The fourth-order valence-electron chi connectivity index (χ4n) is 3.38. The first kappa shape index (κ1) is 15.8. The Balaban J connectivity index is 1.43. The van der Waals surface area contributed by atoms with E-state index in [4.69, 9.17) is 0 Å². The van der Waals surface area contributed by atoms with Gasteiger partial charge in [-0.15, -0.1) is 0 Å². The van der Waals surface area contributed by atoms with E-state index in [1.807, 2.05) is 4.90 Å². The second-order valence-corrected chi connectivity index (χ2v) is 6.41. The van der Waals surface area contributed by atoms with Crippen LogP contribution in [0.15, 0.2) is 24.5 Å². The highest BCUT2D eigenvalue weighted by Crippen LogP contribution is 2.18. The average Bonchev–Trinajstić information content (AvgIpc) is 3.08. The Kier molecular flexibility index (Phi) is 5.10. The summed E-state index contributed by atoms with van der Waals surface area (Å²) < 4.78 is 0. The Morgan fingerprint density at radius 2 is 1.70 bits per heavy atom. The number of pyridine rings is 1. The highest BCUT2D eigenvalue weighted by atomic mass is 16.2. The van der Waals surface area contributed by atoms with E-state index in [0.29, 0.717) is 24.7 Å². The van der Waals surface area contributed by atoms with Gasteiger partial charge in [-0.1, -0.05) is 12.8 Å². The van der Waals surface area contributed by atoms with E-state index in [0.717, 1.165) is 25.7 Å². The number of aromatic nitrogens is 1. The maximum absolute atomic E-state index is 12.3. The Bertz CT molecular complexity index is 535. The van der Waals surface area contributed by atoms with Crippen molar-refractivity contribution in [3.63, 3.8) is 0 Å². The van der Waals surface area contributed by atoms with Crippen molar-refractivity contribution < 1.29 is 9.59 Å². The van der Waals surface area contributed by atoms with E-state index >= 15 is 0 Å². The topological polar surface area (TPSA) is 74.3 Å². The smallest absolute Gasteiger partial charge is 0.315 e. The van der Waals surface area contributed by atoms with Crippen molar-refractivity contribution in [2.24, 2.45) is 0 Å². The molecule has 6 heteroatoms. The normalized spacial score (nSPS) is 19.6. The molecule has 6 nitrogen and oxygen atoms in total. The monoisotopic (exact) mass is 316 g/mol. The lowest BCUT2D eigenvalue weighted by Gasteiger charge is -2.32. The summed E-state index contributed by atoms with van der Waals surface area (Å²) in [6.07, 6.45) is 9.45. The summed E-state index contributed by atoms with van der Waals surface area (Å²) >= 11 is 0. The summed E-state index contributed by atoms with van der Waals surface area (Å²) in [6.45, 7) is 1.34. The molecule has 2 N–H and O–H groups in total.